The summed E-state index contributed by atoms with van der Waals surface area (Å²) < 4.78 is 40.5. The fraction of sp³-hybridized carbons (Fsp3) is 0. The minimum absolute atomic E-state index is 0.0912. The van der Waals surface area contributed by atoms with Crippen LogP contribution in [0, 0.1) is 17.5 Å². The third-order valence-corrected chi connectivity index (χ3v) is 3.13. The maximum absolute atomic E-state index is 13.7. The monoisotopic (exact) mass is 328 g/mol. The summed E-state index contributed by atoms with van der Waals surface area (Å²) in [5.41, 5.74) is 4.04. The normalized spacial score (nSPS) is 10.4. The van der Waals surface area contributed by atoms with Gasteiger partial charge in [0.1, 0.15) is 16.7 Å². The summed E-state index contributed by atoms with van der Waals surface area (Å²) in [6, 6.07) is 4.80. The summed E-state index contributed by atoms with van der Waals surface area (Å²) in [7, 11) is 0. The van der Waals surface area contributed by atoms with Crippen molar-refractivity contribution in [1.82, 2.24) is 0 Å². The van der Waals surface area contributed by atoms with Gasteiger partial charge < -0.3 is 11.1 Å². The SMILES string of the molecule is NC(=O)c1ccc(NC(=O)c2ccc(F)c(Cl)c2F)c(F)c1. The largest absolute Gasteiger partial charge is 0.366 e. The number of anilines is 1. The molecule has 2 aromatic carbocycles. The minimum Gasteiger partial charge on any atom is -0.366 e. The molecule has 0 saturated heterocycles. The zero-order valence-electron chi connectivity index (χ0n) is 10.8. The van der Waals surface area contributed by atoms with Gasteiger partial charge in [0, 0.05) is 5.56 Å². The molecule has 8 heteroatoms. The van der Waals surface area contributed by atoms with Crippen LogP contribution in [0.1, 0.15) is 20.7 Å². The van der Waals surface area contributed by atoms with Gasteiger partial charge in [0.05, 0.1) is 11.3 Å². The van der Waals surface area contributed by atoms with E-state index in [1.165, 1.54) is 6.07 Å². The lowest BCUT2D eigenvalue weighted by molar-refractivity contribution is 0.0997. The second kappa shape index (κ2) is 6.07. The molecule has 2 amide bonds. The summed E-state index contributed by atoms with van der Waals surface area (Å²) in [6.07, 6.45) is 0. The van der Waals surface area contributed by atoms with Gasteiger partial charge in [-0.05, 0) is 30.3 Å². The first kappa shape index (κ1) is 15.8. The van der Waals surface area contributed by atoms with E-state index in [0.29, 0.717) is 0 Å². The van der Waals surface area contributed by atoms with Gasteiger partial charge in [-0.3, -0.25) is 9.59 Å². The molecule has 0 aromatic heterocycles. The second-order valence-electron chi connectivity index (χ2n) is 4.24. The topological polar surface area (TPSA) is 72.2 Å². The number of amides is 2. The van der Waals surface area contributed by atoms with Gasteiger partial charge in [0.2, 0.25) is 5.91 Å². The van der Waals surface area contributed by atoms with Gasteiger partial charge in [0.25, 0.3) is 5.91 Å². The van der Waals surface area contributed by atoms with Crippen molar-refractivity contribution in [1.29, 1.82) is 0 Å². The fourth-order valence-electron chi connectivity index (χ4n) is 1.66. The molecule has 0 saturated carbocycles. The highest BCUT2D eigenvalue weighted by molar-refractivity contribution is 6.31. The number of rotatable bonds is 3. The molecule has 0 spiro atoms. The first-order chi connectivity index (χ1) is 10.3. The molecular weight excluding hydrogens is 321 g/mol. The number of nitrogens with two attached hydrogens (primary N) is 1. The quantitative estimate of drug-likeness (QED) is 0.850. The highest BCUT2D eigenvalue weighted by atomic mass is 35.5. The van der Waals surface area contributed by atoms with E-state index >= 15 is 0 Å². The van der Waals surface area contributed by atoms with Crippen molar-refractivity contribution in [3.63, 3.8) is 0 Å². The Morgan fingerprint density at radius 2 is 1.73 bits per heavy atom. The molecule has 0 radical (unpaired) electrons. The molecule has 22 heavy (non-hydrogen) atoms. The van der Waals surface area contributed by atoms with E-state index in [2.05, 4.69) is 5.32 Å². The van der Waals surface area contributed by atoms with E-state index in [1.807, 2.05) is 0 Å². The Labute approximate surface area is 127 Å². The minimum atomic E-state index is -1.26. The molecule has 114 valence electrons. The second-order valence-corrected chi connectivity index (χ2v) is 4.61. The van der Waals surface area contributed by atoms with Crippen LogP contribution in [0.15, 0.2) is 30.3 Å². The molecular formula is C14H8ClF3N2O2. The van der Waals surface area contributed by atoms with Crippen molar-refractivity contribution in [3.8, 4) is 0 Å². The Morgan fingerprint density at radius 3 is 2.32 bits per heavy atom. The van der Waals surface area contributed by atoms with Crippen LogP contribution in [-0.4, -0.2) is 11.8 Å². The highest BCUT2D eigenvalue weighted by Gasteiger charge is 2.19. The van der Waals surface area contributed by atoms with E-state index in [4.69, 9.17) is 17.3 Å². The maximum atomic E-state index is 13.7. The third kappa shape index (κ3) is 3.04. The van der Waals surface area contributed by atoms with Crippen molar-refractivity contribution < 1.29 is 22.8 Å². The predicted octanol–water partition coefficient (Wildman–Crippen LogP) is 3.11. The number of primary amides is 1. The molecule has 0 aliphatic carbocycles. The fourth-order valence-corrected chi connectivity index (χ4v) is 1.83. The van der Waals surface area contributed by atoms with Crippen LogP contribution in [0.5, 0.6) is 0 Å². The van der Waals surface area contributed by atoms with Gasteiger partial charge >= 0.3 is 0 Å². The lowest BCUT2D eigenvalue weighted by Crippen LogP contribution is -2.16. The summed E-state index contributed by atoms with van der Waals surface area (Å²) in [4.78, 5) is 22.8. The molecule has 3 N–H and O–H groups in total. The average molecular weight is 329 g/mol. The van der Waals surface area contributed by atoms with Gasteiger partial charge in [-0.15, -0.1) is 0 Å². The van der Waals surface area contributed by atoms with Crippen LogP contribution in [0.2, 0.25) is 5.02 Å². The van der Waals surface area contributed by atoms with E-state index in [0.717, 1.165) is 24.3 Å². The van der Waals surface area contributed by atoms with Gasteiger partial charge in [-0.25, -0.2) is 13.2 Å². The molecule has 2 rings (SSSR count). The first-order valence-electron chi connectivity index (χ1n) is 5.85. The zero-order chi connectivity index (χ0) is 16.4. The average Bonchev–Trinajstić information content (AvgIpc) is 2.46. The first-order valence-corrected chi connectivity index (χ1v) is 6.23. The Kier molecular flexibility index (Phi) is 4.37. The lowest BCUT2D eigenvalue weighted by atomic mass is 10.1. The lowest BCUT2D eigenvalue weighted by Gasteiger charge is -2.09. The standard InChI is InChI=1S/C14H8ClF3N2O2/c15-11-8(16)3-2-7(12(11)18)14(22)20-10-4-1-6(13(19)21)5-9(10)17/h1-5H,(H2,19,21)(H,20,22). The molecule has 0 atom stereocenters. The van der Waals surface area contributed by atoms with Crippen LogP contribution in [0.3, 0.4) is 0 Å². The molecule has 0 heterocycles. The molecule has 0 aliphatic heterocycles. The van der Waals surface area contributed by atoms with Crippen LogP contribution in [0.25, 0.3) is 0 Å². The van der Waals surface area contributed by atoms with Crippen molar-refractivity contribution in [3.05, 3.63) is 63.9 Å². The Hall–Kier alpha value is -2.54. The number of halogens is 4. The van der Waals surface area contributed by atoms with Gasteiger partial charge in [0.15, 0.2) is 5.82 Å². The van der Waals surface area contributed by atoms with E-state index in [-0.39, 0.29) is 11.3 Å². The van der Waals surface area contributed by atoms with Crippen LogP contribution >= 0.6 is 11.6 Å². The van der Waals surface area contributed by atoms with E-state index < -0.39 is 39.9 Å². The van der Waals surface area contributed by atoms with Crippen LogP contribution in [0.4, 0.5) is 18.9 Å². The predicted molar refractivity (Wildman–Crippen MR) is 74.2 cm³/mol. The summed E-state index contributed by atoms with van der Waals surface area (Å²) in [5.74, 6) is -5.07. The molecule has 4 nitrogen and oxygen atoms in total. The van der Waals surface area contributed by atoms with Crippen molar-refractivity contribution in [2.24, 2.45) is 5.73 Å². The smallest absolute Gasteiger partial charge is 0.258 e. The van der Waals surface area contributed by atoms with E-state index in [1.54, 1.807) is 0 Å². The number of hydrogen-bond acceptors (Lipinski definition) is 2. The molecule has 0 fully saturated rings. The van der Waals surface area contributed by atoms with Crippen molar-refractivity contribution >= 4 is 29.1 Å². The highest BCUT2D eigenvalue weighted by Crippen LogP contribution is 2.23. The summed E-state index contributed by atoms with van der Waals surface area (Å²) >= 11 is 5.36. The Morgan fingerprint density at radius 1 is 1.05 bits per heavy atom. The van der Waals surface area contributed by atoms with Crippen molar-refractivity contribution in [2.45, 2.75) is 0 Å². The number of carbonyl (C=O) groups excluding carboxylic acids is 2. The summed E-state index contributed by atoms with van der Waals surface area (Å²) in [5, 5.41) is 1.26. The van der Waals surface area contributed by atoms with Crippen LogP contribution < -0.4 is 11.1 Å². The van der Waals surface area contributed by atoms with E-state index in [9.17, 15) is 22.8 Å². The number of carbonyl (C=O) groups is 2. The molecule has 0 bridgehead atoms. The number of benzene rings is 2. The molecule has 0 unspecified atom stereocenters. The zero-order valence-corrected chi connectivity index (χ0v) is 11.5. The Bertz CT molecular complexity index is 781. The third-order valence-electron chi connectivity index (χ3n) is 2.78. The van der Waals surface area contributed by atoms with Crippen molar-refractivity contribution in [2.75, 3.05) is 5.32 Å². The maximum Gasteiger partial charge on any atom is 0.258 e. The summed E-state index contributed by atoms with van der Waals surface area (Å²) in [6.45, 7) is 0. The number of nitrogens with one attached hydrogen (secondary N) is 1. The Balaban J connectivity index is 2.30. The molecule has 2 aromatic rings. The number of hydrogen-bond donors (Lipinski definition) is 2. The van der Waals surface area contributed by atoms with Gasteiger partial charge in [-0.1, -0.05) is 11.6 Å². The molecule has 0 aliphatic rings. The van der Waals surface area contributed by atoms with Gasteiger partial charge in [-0.2, -0.15) is 0 Å². The van der Waals surface area contributed by atoms with Crippen LogP contribution in [-0.2, 0) is 0 Å².